The van der Waals surface area contributed by atoms with Crippen molar-refractivity contribution in [3.63, 3.8) is 0 Å². The first kappa shape index (κ1) is 27.1. The first-order valence-corrected chi connectivity index (χ1v) is 13.5. The summed E-state index contributed by atoms with van der Waals surface area (Å²) < 4.78 is 6.53. The molecule has 3 aliphatic rings. The fourth-order valence-electron chi connectivity index (χ4n) is 6.56. The van der Waals surface area contributed by atoms with Crippen LogP contribution in [0.1, 0.15) is 12.8 Å². The number of para-hydroxylation sites is 2. The highest BCUT2D eigenvalue weighted by Gasteiger charge is 2.75. The number of anilines is 2. The maximum atomic E-state index is 14.3. The van der Waals surface area contributed by atoms with Crippen LogP contribution in [0.4, 0.5) is 11.4 Å². The number of benzene rings is 2. The van der Waals surface area contributed by atoms with Crippen molar-refractivity contribution in [2.45, 2.75) is 30.6 Å². The summed E-state index contributed by atoms with van der Waals surface area (Å²) in [4.78, 5) is 47.0. The Morgan fingerprint density at radius 2 is 1.72 bits per heavy atom. The van der Waals surface area contributed by atoms with Gasteiger partial charge < -0.3 is 24.5 Å². The average Bonchev–Trinajstić information content (AvgIpc) is 3.58. The van der Waals surface area contributed by atoms with Crippen LogP contribution in [-0.2, 0) is 19.1 Å². The number of aliphatic hydroxyl groups excluding tert-OH is 1. The molecule has 1 N–H and O–H groups in total. The van der Waals surface area contributed by atoms with Crippen molar-refractivity contribution in [2.24, 2.45) is 11.8 Å². The number of β-amino-alcohol motifs (C(OH)–C–C–N with tert-alkyl or cyclic N) is 1. The summed E-state index contributed by atoms with van der Waals surface area (Å²) in [6, 6.07) is 15.2. The number of carbonyl (C=O) groups excluding carboxylic acids is 3. The van der Waals surface area contributed by atoms with Crippen LogP contribution in [0.15, 0.2) is 79.9 Å². The van der Waals surface area contributed by atoms with Crippen molar-refractivity contribution < 1.29 is 24.2 Å². The number of rotatable bonds is 10. The van der Waals surface area contributed by atoms with E-state index in [4.69, 9.17) is 16.3 Å². The van der Waals surface area contributed by atoms with Gasteiger partial charge in [0.1, 0.15) is 11.6 Å². The summed E-state index contributed by atoms with van der Waals surface area (Å²) in [6.07, 6.45) is 3.74. The van der Waals surface area contributed by atoms with Gasteiger partial charge in [0, 0.05) is 25.3 Å². The van der Waals surface area contributed by atoms with Crippen molar-refractivity contribution in [1.82, 2.24) is 4.90 Å². The number of ether oxygens (including phenoxy) is 1. The van der Waals surface area contributed by atoms with Gasteiger partial charge in [-0.3, -0.25) is 14.4 Å². The van der Waals surface area contributed by atoms with Crippen LogP contribution >= 0.6 is 11.6 Å². The van der Waals surface area contributed by atoms with Gasteiger partial charge in [0.25, 0.3) is 5.91 Å². The van der Waals surface area contributed by atoms with Crippen molar-refractivity contribution in [3.8, 4) is 0 Å². The van der Waals surface area contributed by atoms with Gasteiger partial charge in [0.05, 0.1) is 35.3 Å². The van der Waals surface area contributed by atoms with Crippen molar-refractivity contribution in [2.75, 3.05) is 36.0 Å². The lowest BCUT2D eigenvalue weighted by molar-refractivity contribution is -0.141. The van der Waals surface area contributed by atoms with E-state index in [1.807, 2.05) is 30.3 Å². The lowest BCUT2D eigenvalue weighted by Crippen LogP contribution is -2.57. The largest absolute Gasteiger partial charge is 0.395 e. The number of aliphatic hydroxyl groups is 1. The zero-order valence-corrected chi connectivity index (χ0v) is 22.4. The second kappa shape index (κ2) is 11.0. The summed E-state index contributed by atoms with van der Waals surface area (Å²) >= 11 is 6.47. The van der Waals surface area contributed by atoms with Gasteiger partial charge in [-0.2, -0.15) is 0 Å². The number of amides is 3. The summed E-state index contributed by atoms with van der Waals surface area (Å²) in [5.74, 6) is -2.59. The number of fused-ring (bicyclic) bond motifs is 1. The van der Waals surface area contributed by atoms with Crippen molar-refractivity contribution in [1.29, 1.82) is 0 Å². The Kier molecular flexibility index (Phi) is 7.62. The first-order valence-electron chi connectivity index (χ1n) is 13.1. The number of likely N-dealkylation sites (tertiary alicyclic amines) is 1. The monoisotopic (exact) mass is 549 g/mol. The van der Waals surface area contributed by atoms with E-state index in [1.165, 1.54) is 9.80 Å². The number of carbonyl (C=O) groups is 3. The molecule has 9 heteroatoms. The lowest BCUT2D eigenvalue weighted by atomic mass is 9.70. The highest BCUT2D eigenvalue weighted by atomic mass is 35.5. The molecular weight excluding hydrogens is 518 g/mol. The molecule has 3 aliphatic heterocycles. The normalized spacial score (nSPS) is 26.8. The third-order valence-electron chi connectivity index (χ3n) is 8.03. The second-order valence-corrected chi connectivity index (χ2v) is 10.5. The maximum Gasteiger partial charge on any atom is 0.253 e. The van der Waals surface area contributed by atoms with Crippen LogP contribution in [0, 0.1) is 11.8 Å². The Morgan fingerprint density at radius 3 is 2.38 bits per heavy atom. The van der Waals surface area contributed by atoms with Crippen LogP contribution in [0.5, 0.6) is 0 Å². The molecule has 1 spiro atoms. The average molecular weight is 550 g/mol. The second-order valence-electron chi connectivity index (χ2n) is 10.1. The number of hydrogen-bond donors (Lipinski definition) is 1. The lowest BCUT2D eigenvalue weighted by Gasteiger charge is -2.37. The third kappa shape index (κ3) is 4.36. The van der Waals surface area contributed by atoms with E-state index in [0.29, 0.717) is 29.2 Å². The molecule has 2 unspecified atom stereocenters. The van der Waals surface area contributed by atoms with Gasteiger partial charge in [-0.05, 0) is 37.1 Å². The van der Waals surface area contributed by atoms with Gasteiger partial charge in [0.2, 0.25) is 11.8 Å². The Morgan fingerprint density at radius 1 is 1.05 bits per heavy atom. The molecule has 3 saturated heterocycles. The van der Waals surface area contributed by atoms with Crippen LogP contribution < -0.4 is 9.80 Å². The molecule has 5 atom stereocenters. The minimum absolute atomic E-state index is 0.0536. The molecule has 0 aromatic heterocycles. The highest BCUT2D eigenvalue weighted by molar-refractivity contribution is 6.34. The molecule has 0 aliphatic carbocycles. The molecule has 0 radical (unpaired) electrons. The zero-order chi connectivity index (χ0) is 27.7. The number of hydrogen-bond acceptors (Lipinski definition) is 5. The SMILES string of the molecule is C=CCN(C(=O)[C@@H]1[C@H]2C(=O)N(CCO)C(C(=O)N(CC=C)c3ccccc3Cl)C23CC[C@H]1O3)c1ccccc1. The standard InChI is InChI=1S/C30H32ClN3O5/c1-3-16-32(20-10-6-5-7-11-20)27(36)24-23-14-15-30(39-23)25(24)28(37)34(18-19-35)26(30)29(38)33(17-4-2)22-13-9-8-12-21(22)31/h3-13,23-26,35H,1-2,14-19H2/t23-,24+,25+,26?,30?/m1/s1. The minimum atomic E-state index is -1.19. The van der Waals surface area contributed by atoms with E-state index in [1.54, 1.807) is 41.3 Å². The summed E-state index contributed by atoms with van der Waals surface area (Å²) in [7, 11) is 0. The third-order valence-corrected chi connectivity index (χ3v) is 8.35. The van der Waals surface area contributed by atoms with E-state index >= 15 is 0 Å². The molecule has 2 bridgehead atoms. The molecule has 3 fully saturated rings. The van der Waals surface area contributed by atoms with Crippen LogP contribution in [-0.4, -0.2) is 71.7 Å². The molecule has 5 rings (SSSR count). The Balaban J connectivity index is 1.55. The Labute approximate surface area is 233 Å². The van der Waals surface area contributed by atoms with Gasteiger partial charge >= 0.3 is 0 Å². The maximum absolute atomic E-state index is 14.3. The van der Waals surface area contributed by atoms with Crippen LogP contribution in [0.3, 0.4) is 0 Å². The molecular formula is C30H32ClN3O5. The topological polar surface area (TPSA) is 90.4 Å². The molecule has 204 valence electrons. The fraction of sp³-hybridized carbons (Fsp3) is 0.367. The van der Waals surface area contributed by atoms with Gasteiger partial charge in [0.15, 0.2) is 0 Å². The molecule has 3 heterocycles. The zero-order valence-electron chi connectivity index (χ0n) is 21.6. The predicted octanol–water partition coefficient (Wildman–Crippen LogP) is 3.45. The van der Waals surface area contributed by atoms with E-state index in [-0.39, 0.29) is 44.0 Å². The molecule has 8 nitrogen and oxygen atoms in total. The van der Waals surface area contributed by atoms with E-state index in [0.717, 1.165) is 0 Å². The fourth-order valence-corrected chi connectivity index (χ4v) is 6.79. The number of nitrogens with zero attached hydrogens (tertiary/aromatic N) is 3. The molecule has 0 saturated carbocycles. The smallest absolute Gasteiger partial charge is 0.253 e. The molecule has 3 amide bonds. The Bertz CT molecular complexity index is 1290. The quantitative estimate of drug-likeness (QED) is 0.459. The highest BCUT2D eigenvalue weighted by Crippen LogP contribution is 2.59. The molecule has 2 aromatic rings. The Hall–Kier alpha value is -3.46. The molecule has 39 heavy (non-hydrogen) atoms. The first-order chi connectivity index (χ1) is 18.9. The van der Waals surface area contributed by atoms with Crippen molar-refractivity contribution >= 4 is 40.7 Å². The van der Waals surface area contributed by atoms with Crippen LogP contribution in [0.2, 0.25) is 5.02 Å². The van der Waals surface area contributed by atoms with Gasteiger partial charge in [-0.15, -0.1) is 13.2 Å². The summed E-state index contributed by atoms with van der Waals surface area (Å²) in [6.45, 7) is 7.65. The van der Waals surface area contributed by atoms with Gasteiger partial charge in [-0.1, -0.05) is 54.1 Å². The predicted molar refractivity (Wildman–Crippen MR) is 149 cm³/mol. The van der Waals surface area contributed by atoms with E-state index in [2.05, 4.69) is 13.2 Å². The number of halogens is 1. The molecule has 2 aromatic carbocycles. The van der Waals surface area contributed by atoms with Crippen molar-refractivity contribution in [3.05, 3.63) is 84.9 Å². The van der Waals surface area contributed by atoms with Crippen LogP contribution in [0.25, 0.3) is 0 Å². The summed E-state index contributed by atoms with van der Waals surface area (Å²) in [5, 5.41) is 10.3. The van der Waals surface area contributed by atoms with E-state index in [9.17, 15) is 19.5 Å². The minimum Gasteiger partial charge on any atom is -0.395 e. The summed E-state index contributed by atoms with van der Waals surface area (Å²) in [5.41, 5.74) is -0.00644. The van der Waals surface area contributed by atoms with E-state index < -0.39 is 29.6 Å². The van der Waals surface area contributed by atoms with Gasteiger partial charge in [-0.25, -0.2) is 0 Å².